The molecule has 2 N–H and O–H groups in total. The normalized spacial score (nSPS) is 50.6. The van der Waals surface area contributed by atoms with E-state index in [0.29, 0.717) is 31.1 Å². The second-order valence-corrected chi connectivity index (χ2v) is 30.3. The number of allylic oxidation sites excluding steroid dienone is 1. The molecule has 3 saturated carbocycles. The minimum atomic E-state index is -1.42. The first-order valence-corrected chi connectivity index (χ1v) is 36.1. The molecule has 99 heavy (non-hydrogen) atoms. The molecule has 0 amide bonds. The number of Topliss-reactive ketones (excluding diaryl/α,β-unsaturated/α-hetero) is 1. The second kappa shape index (κ2) is 31.1. The third-order valence-electron chi connectivity index (χ3n) is 24.4. The fourth-order valence-electron chi connectivity index (χ4n) is 18.9. The van der Waals surface area contributed by atoms with Gasteiger partial charge in [-0.1, -0.05) is 25.5 Å². The van der Waals surface area contributed by atoms with Crippen molar-refractivity contribution in [3.8, 4) is 0 Å². The lowest BCUT2D eigenvalue weighted by atomic mass is 9.46. The SMILES string of the molecule is COC1=C[C@H](C)O[C@@H](O[C@@H]2CC[C@@]3(C)C(=CC[C@H]4[C@H]5CC[C@](O)([C@@H](C)O[C@@H]6O[C@H]7OC[C@]8(C[C@@H](OC)[C@H](O[C@H]9C[C@H](OC)[C@H](O[C@H]%10C[C@H](OC)[C@H](O[C@H]%11C[C@H](OC)[C@H](O[C@@H]%12O[C@H](C)[C@H](O)[C@H](OC)[C@H]%12OC(C)=O)[C@@H](C)O%11)[C@@H](C)O%10)[C@@H](C)O9)[C@@H](C)O8)OO[C@@H]7[C@@H](C)O6)[C@@]5(C)CC[C@@H]43)C2)C1=O. The van der Waals surface area contributed by atoms with Gasteiger partial charge in [-0.05, 0) is 136 Å². The molecule has 28 heteroatoms. The van der Waals surface area contributed by atoms with Crippen molar-refractivity contribution in [1.82, 2.24) is 0 Å². The van der Waals surface area contributed by atoms with Gasteiger partial charge in [0.1, 0.15) is 43.2 Å². The van der Waals surface area contributed by atoms with Crippen LogP contribution in [0.15, 0.2) is 23.5 Å². The number of aliphatic hydroxyl groups excluding tert-OH is 1. The Morgan fingerprint density at radius 1 is 0.636 bits per heavy atom. The standard InChI is InChI=1S/C71H112O28/c1-33-26-47(76-12)56(74)64(83-33)91-43-20-23-68(10)42(27-43)18-19-44-45(68)21-24-69(11)46(44)22-25-71(69,75)40(8)89-67-88-38(6)61-65(96-67)82-32-70(99-98-61)31-51(80-16)60(39(7)97-70)94-54-29-49(78-14)58(36(4)85-54)92-52-28-48(77-13)57(35(3)84-52)93-53-30-50(79-15)59(37(5)86-53)95-66-63(90-41(9)72)62(81-17)55(73)34(2)87-66/h18,26,33-40,43-46,48-55,57-67,73,75H,19-25,27-32H2,1-17H3/t33-,34+,35+,36+,37+,38+,39+,40+,43+,44+,45-,46+,48-,49-,50-,51+,52-,53-,54-,55-,57+,58+,59+,60+,61+,62-,63+,64-,65+,66-,67+,68-,69-,70-,71-/m0/s1. The van der Waals surface area contributed by atoms with Crippen molar-refractivity contribution in [3.63, 3.8) is 0 Å². The van der Waals surface area contributed by atoms with Crippen LogP contribution in [-0.4, -0.2) is 255 Å². The number of hydrogen-bond acceptors (Lipinski definition) is 28. The summed E-state index contributed by atoms with van der Waals surface area (Å²) in [5.41, 5.74) is -0.187. The summed E-state index contributed by atoms with van der Waals surface area (Å²) in [6, 6.07) is 0. The van der Waals surface area contributed by atoms with Gasteiger partial charge >= 0.3 is 5.97 Å². The van der Waals surface area contributed by atoms with Crippen molar-refractivity contribution in [2.75, 3.05) is 49.3 Å². The molecule has 0 aromatic carbocycles. The molecule has 28 nitrogen and oxygen atoms in total. The number of aliphatic hydroxyl groups is 2. The van der Waals surface area contributed by atoms with Gasteiger partial charge in [0.15, 0.2) is 49.4 Å². The highest BCUT2D eigenvalue weighted by molar-refractivity contribution is 5.96. The Labute approximate surface area is 581 Å². The monoisotopic (exact) mass is 1410 g/mol. The summed E-state index contributed by atoms with van der Waals surface area (Å²) >= 11 is 0. The molecule has 10 fully saturated rings. The van der Waals surface area contributed by atoms with Crippen LogP contribution in [0.3, 0.4) is 0 Å². The topological polar surface area (TPSA) is 296 Å². The van der Waals surface area contributed by atoms with Crippen LogP contribution in [0, 0.1) is 28.6 Å². The summed E-state index contributed by atoms with van der Waals surface area (Å²) in [4.78, 5) is 37.6. The molecular weight excluding hydrogens is 1300 g/mol. The number of carbonyl (C=O) groups excluding carboxylic acids is 2. The molecule has 0 aromatic heterocycles. The van der Waals surface area contributed by atoms with Crippen LogP contribution in [-0.2, 0) is 124 Å². The molecule has 0 unspecified atom stereocenters. The molecule has 7 saturated heterocycles. The number of hydrogen-bond donors (Lipinski definition) is 2. The number of rotatable bonds is 20. The van der Waals surface area contributed by atoms with Crippen LogP contribution in [0.2, 0.25) is 0 Å². The molecule has 12 rings (SSSR count). The summed E-state index contributed by atoms with van der Waals surface area (Å²) in [7, 11) is 9.34. The number of fused-ring (bicyclic) bond motifs is 6. The quantitative estimate of drug-likeness (QED) is 0.0771. The van der Waals surface area contributed by atoms with Gasteiger partial charge in [0.2, 0.25) is 12.1 Å². The molecular formula is C71H112O28. The lowest BCUT2D eigenvalue weighted by Crippen LogP contribution is -2.62. The van der Waals surface area contributed by atoms with Crippen LogP contribution in [0.1, 0.15) is 153 Å². The Balaban J connectivity index is 0.606. The van der Waals surface area contributed by atoms with Crippen molar-refractivity contribution in [2.24, 2.45) is 28.6 Å². The first kappa shape index (κ1) is 76.1. The van der Waals surface area contributed by atoms with Crippen LogP contribution < -0.4 is 0 Å². The Morgan fingerprint density at radius 2 is 1.23 bits per heavy atom. The molecule has 4 aliphatic carbocycles. The summed E-state index contributed by atoms with van der Waals surface area (Å²) in [6.45, 7) is 19.5. The van der Waals surface area contributed by atoms with E-state index in [1.54, 1.807) is 41.4 Å². The maximum absolute atomic E-state index is 13.1. The van der Waals surface area contributed by atoms with E-state index in [9.17, 15) is 19.8 Å². The van der Waals surface area contributed by atoms with Gasteiger partial charge in [-0.3, -0.25) is 14.3 Å². The number of esters is 1. The lowest BCUT2D eigenvalue weighted by Gasteiger charge is -2.59. The number of ketones is 1. The Kier molecular flexibility index (Phi) is 23.9. The Hall–Kier alpha value is -2.54. The van der Waals surface area contributed by atoms with Gasteiger partial charge in [0, 0.05) is 73.6 Å². The third kappa shape index (κ3) is 15.0. The molecule has 0 aromatic rings. The Bertz CT molecular complexity index is 2800. The maximum atomic E-state index is 13.1. The van der Waals surface area contributed by atoms with E-state index >= 15 is 0 Å². The summed E-state index contributed by atoms with van der Waals surface area (Å²) in [5, 5.41) is 23.8. The van der Waals surface area contributed by atoms with Crippen molar-refractivity contribution < 1.29 is 134 Å². The van der Waals surface area contributed by atoms with Crippen LogP contribution >= 0.6 is 0 Å². The molecule has 1 spiro atoms. The molecule has 0 bridgehead atoms. The van der Waals surface area contributed by atoms with Crippen LogP contribution in [0.5, 0.6) is 0 Å². The third-order valence-corrected chi connectivity index (χ3v) is 24.4. The van der Waals surface area contributed by atoms with Crippen molar-refractivity contribution >= 4 is 11.8 Å². The lowest BCUT2D eigenvalue weighted by molar-refractivity contribution is -0.489. The zero-order valence-electron chi connectivity index (χ0n) is 60.8. The highest BCUT2D eigenvalue weighted by Gasteiger charge is 2.67. The number of ether oxygens (including phenoxy) is 22. The van der Waals surface area contributed by atoms with Gasteiger partial charge in [0.05, 0.1) is 92.1 Å². The van der Waals surface area contributed by atoms with Gasteiger partial charge in [-0.2, -0.15) is 4.89 Å². The Morgan fingerprint density at radius 3 is 1.82 bits per heavy atom. The van der Waals surface area contributed by atoms with E-state index in [2.05, 4.69) is 19.9 Å². The van der Waals surface area contributed by atoms with Gasteiger partial charge < -0.3 is 110 Å². The predicted molar refractivity (Wildman–Crippen MR) is 342 cm³/mol. The maximum Gasteiger partial charge on any atom is 0.303 e. The van der Waals surface area contributed by atoms with Gasteiger partial charge in [-0.15, -0.1) is 0 Å². The largest absolute Gasteiger partial charge is 0.493 e. The van der Waals surface area contributed by atoms with E-state index < -0.39 is 183 Å². The van der Waals surface area contributed by atoms with Crippen LogP contribution in [0.25, 0.3) is 0 Å². The van der Waals surface area contributed by atoms with Crippen molar-refractivity contribution in [2.45, 2.75) is 337 Å². The summed E-state index contributed by atoms with van der Waals surface area (Å²) in [6.07, 6.45) is -6.26. The van der Waals surface area contributed by atoms with E-state index in [0.717, 1.165) is 44.9 Å². The zero-order valence-corrected chi connectivity index (χ0v) is 60.8. The summed E-state index contributed by atoms with van der Waals surface area (Å²) in [5.74, 6) is -0.869. The highest BCUT2D eigenvalue weighted by Crippen LogP contribution is 2.68. The molecule has 0 radical (unpaired) electrons. The van der Waals surface area contributed by atoms with E-state index in [1.165, 1.54) is 26.7 Å². The molecule has 35 atom stereocenters. The fourth-order valence-corrected chi connectivity index (χ4v) is 18.9. The second-order valence-electron chi connectivity index (χ2n) is 30.3. The average Bonchev–Trinajstić information content (AvgIpc) is 1.60. The molecule has 564 valence electrons. The zero-order chi connectivity index (χ0) is 70.8. The first-order chi connectivity index (χ1) is 47.2. The van der Waals surface area contributed by atoms with Crippen LogP contribution in [0.4, 0.5) is 0 Å². The van der Waals surface area contributed by atoms with E-state index in [1.807, 2.05) is 48.5 Å². The van der Waals surface area contributed by atoms with Crippen molar-refractivity contribution in [1.29, 1.82) is 0 Å². The van der Waals surface area contributed by atoms with E-state index in [-0.39, 0.29) is 54.5 Å². The molecule has 8 aliphatic heterocycles. The van der Waals surface area contributed by atoms with Gasteiger partial charge in [-0.25, -0.2) is 4.89 Å². The number of carbonyl (C=O) groups is 2. The smallest absolute Gasteiger partial charge is 0.303 e. The fraction of sp³-hybridized carbons (Fsp3) is 0.915. The van der Waals surface area contributed by atoms with Crippen molar-refractivity contribution in [3.05, 3.63) is 23.5 Å². The van der Waals surface area contributed by atoms with E-state index in [4.69, 9.17) is 114 Å². The molecule has 12 aliphatic rings. The molecule has 8 heterocycles. The minimum absolute atomic E-state index is 0.00573. The van der Waals surface area contributed by atoms with Gasteiger partial charge in [0.25, 0.3) is 12.3 Å². The predicted octanol–water partition coefficient (Wildman–Crippen LogP) is 6.27. The number of methoxy groups -OCH3 is 6. The average molecular weight is 1410 g/mol. The first-order valence-electron chi connectivity index (χ1n) is 36.1. The highest BCUT2D eigenvalue weighted by atomic mass is 17.2. The minimum Gasteiger partial charge on any atom is -0.493 e. The summed E-state index contributed by atoms with van der Waals surface area (Å²) < 4.78 is 138.